The maximum atomic E-state index is 13.1. The number of quaternary nitrogens is 1. The fraction of sp³-hybridized carbons (Fsp3) is 0.500. The summed E-state index contributed by atoms with van der Waals surface area (Å²) in [5.41, 5.74) is 6.03. The highest BCUT2D eigenvalue weighted by molar-refractivity contribution is 6.00. The van der Waals surface area contributed by atoms with Gasteiger partial charge in [-0.25, -0.2) is 4.79 Å². The summed E-state index contributed by atoms with van der Waals surface area (Å²) in [5, 5.41) is 0. The van der Waals surface area contributed by atoms with Gasteiger partial charge in [0.05, 0.1) is 19.6 Å². The Hall–Kier alpha value is -2.67. The molecule has 0 saturated carbocycles. The van der Waals surface area contributed by atoms with Gasteiger partial charge in [0.1, 0.15) is 17.9 Å². The smallest absolute Gasteiger partial charge is 0.332 e. The fourth-order valence-corrected chi connectivity index (χ4v) is 4.07. The molecule has 1 fully saturated rings. The van der Waals surface area contributed by atoms with E-state index in [4.69, 9.17) is 5.73 Å². The second-order valence-corrected chi connectivity index (χ2v) is 7.78. The van der Waals surface area contributed by atoms with Crippen LogP contribution in [0, 0.1) is 0 Å². The maximum absolute atomic E-state index is 13.1. The zero-order valence-electron chi connectivity index (χ0n) is 17.2. The van der Waals surface area contributed by atoms with Crippen LogP contribution in [0.25, 0.3) is 0 Å². The number of rotatable bonds is 6. The molecule has 7 nitrogen and oxygen atoms in total. The Balaban J connectivity index is 1.96. The second kappa shape index (κ2) is 9.69. The molecule has 2 aromatic rings. The number of aromatic nitrogens is 2. The van der Waals surface area contributed by atoms with Gasteiger partial charge in [-0.1, -0.05) is 36.8 Å². The molecule has 0 amide bonds. The lowest BCUT2D eigenvalue weighted by Gasteiger charge is -2.22. The molecular formula is C22H31N4O3+. The molecule has 2 heterocycles. The summed E-state index contributed by atoms with van der Waals surface area (Å²) in [6.07, 6.45) is 5.80. The maximum Gasteiger partial charge on any atom is 0.332 e. The van der Waals surface area contributed by atoms with E-state index in [0.717, 1.165) is 36.1 Å². The SMILES string of the molecule is CCn1c(=O)c(C(=O)C[NH+]2CCCCCCC2)c(N)n(Cc2ccccc2)c1=O. The lowest BCUT2D eigenvalue weighted by Crippen LogP contribution is -3.13. The van der Waals surface area contributed by atoms with Crippen LogP contribution in [-0.4, -0.2) is 34.6 Å². The first-order valence-electron chi connectivity index (χ1n) is 10.6. The summed E-state index contributed by atoms with van der Waals surface area (Å²) in [6.45, 7) is 4.25. The normalized spacial score (nSPS) is 15.6. The van der Waals surface area contributed by atoms with Crippen molar-refractivity contribution >= 4 is 11.6 Å². The highest BCUT2D eigenvalue weighted by Crippen LogP contribution is 2.09. The molecule has 3 rings (SSSR count). The van der Waals surface area contributed by atoms with E-state index in [0.29, 0.717) is 0 Å². The van der Waals surface area contributed by atoms with Gasteiger partial charge in [0.25, 0.3) is 5.56 Å². The quantitative estimate of drug-likeness (QED) is 0.700. The third-order valence-corrected chi connectivity index (χ3v) is 5.72. The van der Waals surface area contributed by atoms with Crippen LogP contribution >= 0.6 is 0 Å². The molecule has 0 atom stereocenters. The van der Waals surface area contributed by atoms with E-state index in [2.05, 4.69) is 0 Å². The number of nitrogens with two attached hydrogens (primary N) is 1. The number of benzene rings is 1. The number of hydrogen-bond acceptors (Lipinski definition) is 4. The first kappa shape index (κ1) is 21.0. The molecule has 0 bridgehead atoms. The van der Waals surface area contributed by atoms with Crippen LogP contribution in [0.1, 0.15) is 54.9 Å². The van der Waals surface area contributed by atoms with Gasteiger partial charge in [-0.3, -0.25) is 18.7 Å². The molecule has 156 valence electrons. The zero-order valence-corrected chi connectivity index (χ0v) is 17.2. The van der Waals surface area contributed by atoms with Crippen molar-refractivity contribution in [3.8, 4) is 0 Å². The lowest BCUT2D eigenvalue weighted by molar-refractivity contribution is -0.892. The third-order valence-electron chi connectivity index (χ3n) is 5.72. The minimum Gasteiger partial charge on any atom is -0.384 e. The number of ketones is 1. The average Bonchev–Trinajstić information content (AvgIpc) is 2.68. The van der Waals surface area contributed by atoms with E-state index < -0.39 is 11.2 Å². The summed E-state index contributed by atoms with van der Waals surface area (Å²) in [5.74, 6) is -0.294. The van der Waals surface area contributed by atoms with Crippen molar-refractivity contribution in [2.24, 2.45) is 0 Å². The number of nitrogens with zero attached hydrogens (tertiary/aromatic N) is 2. The molecule has 29 heavy (non-hydrogen) atoms. The zero-order chi connectivity index (χ0) is 20.8. The van der Waals surface area contributed by atoms with Crippen molar-refractivity contribution in [1.29, 1.82) is 0 Å². The van der Waals surface area contributed by atoms with E-state index in [1.807, 2.05) is 30.3 Å². The molecule has 1 aliphatic rings. The Kier molecular flexibility index (Phi) is 7.04. The van der Waals surface area contributed by atoms with Crippen LogP contribution in [0.3, 0.4) is 0 Å². The predicted octanol–water partition coefficient (Wildman–Crippen LogP) is 0.692. The highest BCUT2D eigenvalue weighted by Gasteiger charge is 2.26. The van der Waals surface area contributed by atoms with E-state index in [-0.39, 0.29) is 36.8 Å². The first-order valence-corrected chi connectivity index (χ1v) is 10.6. The molecular weight excluding hydrogens is 368 g/mol. The van der Waals surface area contributed by atoms with Crippen molar-refractivity contribution < 1.29 is 9.69 Å². The third kappa shape index (κ3) is 4.85. The monoisotopic (exact) mass is 399 g/mol. The number of carbonyl (C=O) groups excluding carboxylic acids is 1. The number of nitrogen functional groups attached to an aromatic ring is 1. The van der Waals surface area contributed by atoms with E-state index >= 15 is 0 Å². The second-order valence-electron chi connectivity index (χ2n) is 7.78. The van der Waals surface area contributed by atoms with Crippen molar-refractivity contribution in [3.63, 3.8) is 0 Å². The van der Waals surface area contributed by atoms with Gasteiger partial charge in [-0.2, -0.15) is 0 Å². The van der Waals surface area contributed by atoms with Gasteiger partial charge < -0.3 is 10.6 Å². The standard InChI is InChI=1S/C22H30N4O3/c1-2-25-21(28)19(18(27)16-24-13-9-4-3-5-10-14-24)20(23)26(22(25)29)15-17-11-7-6-8-12-17/h6-8,11-12H,2-5,9-10,13-16,23H2,1H3/p+1. The van der Waals surface area contributed by atoms with Gasteiger partial charge in [-0.05, 0) is 38.2 Å². The van der Waals surface area contributed by atoms with Gasteiger partial charge in [-0.15, -0.1) is 0 Å². The number of anilines is 1. The minimum atomic E-state index is -0.573. The van der Waals surface area contributed by atoms with Gasteiger partial charge >= 0.3 is 5.69 Å². The van der Waals surface area contributed by atoms with Gasteiger partial charge in [0, 0.05) is 6.54 Å². The number of Topliss-reactive ketones (excluding diaryl/α,β-unsaturated/α-hetero) is 1. The van der Waals surface area contributed by atoms with Crippen LogP contribution in [0.15, 0.2) is 39.9 Å². The number of carbonyl (C=O) groups is 1. The Morgan fingerprint density at radius 2 is 1.62 bits per heavy atom. The minimum absolute atomic E-state index is 0.0232. The van der Waals surface area contributed by atoms with Gasteiger partial charge in [0.15, 0.2) is 0 Å². The predicted molar refractivity (Wildman–Crippen MR) is 114 cm³/mol. The summed E-state index contributed by atoms with van der Waals surface area (Å²) in [6, 6.07) is 9.43. The summed E-state index contributed by atoms with van der Waals surface area (Å²) >= 11 is 0. The molecule has 1 aliphatic heterocycles. The largest absolute Gasteiger partial charge is 0.384 e. The average molecular weight is 400 g/mol. The van der Waals surface area contributed by atoms with Crippen molar-refractivity contribution in [2.45, 2.75) is 52.1 Å². The number of likely N-dealkylation sites (tertiary alicyclic amines) is 1. The molecule has 0 aliphatic carbocycles. The summed E-state index contributed by atoms with van der Waals surface area (Å²) in [7, 11) is 0. The summed E-state index contributed by atoms with van der Waals surface area (Å²) in [4.78, 5) is 40.0. The topological polar surface area (TPSA) is 91.5 Å². The fourth-order valence-electron chi connectivity index (χ4n) is 4.07. The van der Waals surface area contributed by atoms with Crippen molar-refractivity contribution in [1.82, 2.24) is 9.13 Å². The molecule has 0 radical (unpaired) electrons. The molecule has 7 heteroatoms. The first-order chi connectivity index (χ1) is 14.0. The molecule has 0 spiro atoms. The molecule has 3 N–H and O–H groups in total. The van der Waals surface area contributed by atoms with Crippen LogP contribution in [0.4, 0.5) is 5.82 Å². The molecule has 1 aromatic heterocycles. The van der Waals surface area contributed by atoms with Crippen molar-refractivity contribution in [2.75, 3.05) is 25.4 Å². The van der Waals surface area contributed by atoms with E-state index in [1.54, 1.807) is 6.92 Å². The molecule has 1 aromatic carbocycles. The van der Waals surface area contributed by atoms with E-state index in [1.165, 1.54) is 28.7 Å². The number of hydrogen-bond donors (Lipinski definition) is 2. The van der Waals surface area contributed by atoms with Crippen molar-refractivity contribution in [3.05, 3.63) is 62.3 Å². The summed E-state index contributed by atoms with van der Waals surface area (Å²) < 4.78 is 2.45. The molecule has 1 saturated heterocycles. The van der Waals surface area contributed by atoms with Crippen LogP contribution in [0.2, 0.25) is 0 Å². The Morgan fingerprint density at radius 1 is 1.00 bits per heavy atom. The van der Waals surface area contributed by atoms with Crippen LogP contribution in [-0.2, 0) is 13.1 Å². The van der Waals surface area contributed by atoms with Crippen LogP contribution < -0.4 is 21.9 Å². The van der Waals surface area contributed by atoms with E-state index in [9.17, 15) is 14.4 Å². The highest BCUT2D eigenvalue weighted by atomic mass is 16.2. The Morgan fingerprint density at radius 3 is 2.24 bits per heavy atom. The Labute approximate surface area is 170 Å². The lowest BCUT2D eigenvalue weighted by atomic mass is 10.1. The Bertz CT molecular complexity index is 955. The number of nitrogens with one attached hydrogen (secondary N) is 1. The van der Waals surface area contributed by atoms with Crippen LogP contribution in [0.5, 0.6) is 0 Å². The van der Waals surface area contributed by atoms with Gasteiger partial charge in [0.2, 0.25) is 5.78 Å². The molecule has 0 unspecified atom stereocenters.